The lowest BCUT2D eigenvalue weighted by atomic mass is 10.1. The van der Waals surface area contributed by atoms with E-state index >= 15 is 0 Å². The summed E-state index contributed by atoms with van der Waals surface area (Å²) in [6.07, 6.45) is 9.35. The van der Waals surface area contributed by atoms with Crippen LogP contribution in [0.1, 0.15) is 32.1 Å². The van der Waals surface area contributed by atoms with Gasteiger partial charge in [-0.3, -0.25) is 9.59 Å². The molecule has 0 aromatic carbocycles. The van der Waals surface area contributed by atoms with Crippen LogP contribution in [0.5, 0.6) is 0 Å². The van der Waals surface area contributed by atoms with Crippen LogP contribution in [0.4, 0.5) is 5.69 Å². The molecule has 8 heteroatoms. The summed E-state index contributed by atoms with van der Waals surface area (Å²) in [5.74, 6) is 0.318. The molecule has 130 valence electrons. The molecule has 3 heterocycles. The molecule has 1 atom stereocenters. The van der Waals surface area contributed by atoms with Crippen LogP contribution in [0, 0.1) is 5.92 Å². The van der Waals surface area contributed by atoms with Gasteiger partial charge in [0, 0.05) is 19.0 Å². The Labute approximate surface area is 145 Å². The van der Waals surface area contributed by atoms with Crippen LogP contribution in [0.3, 0.4) is 0 Å². The molecule has 1 saturated heterocycles. The van der Waals surface area contributed by atoms with Crippen molar-refractivity contribution in [3.8, 4) is 5.82 Å². The molecule has 1 aliphatic heterocycles. The van der Waals surface area contributed by atoms with Gasteiger partial charge in [-0.05, 0) is 25.0 Å². The molecule has 2 aliphatic rings. The molecular formula is C17H20N6O2. The predicted molar refractivity (Wildman–Crippen MR) is 89.9 cm³/mol. The normalized spacial score (nSPS) is 21.0. The van der Waals surface area contributed by atoms with Crippen LogP contribution >= 0.6 is 0 Å². The van der Waals surface area contributed by atoms with Crippen molar-refractivity contribution in [2.24, 2.45) is 5.92 Å². The van der Waals surface area contributed by atoms with Crippen molar-refractivity contribution < 1.29 is 9.59 Å². The minimum atomic E-state index is -0.289. The molecule has 2 aromatic rings. The fourth-order valence-corrected chi connectivity index (χ4v) is 3.64. The van der Waals surface area contributed by atoms with E-state index in [0.717, 1.165) is 12.8 Å². The van der Waals surface area contributed by atoms with Gasteiger partial charge >= 0.3 is 0 Å². The van der Waals surface area contributed by atoms with Gasteiger partial charge in [0.15, 0.2) is 5.82 Å². The van der Waals surface area contributed by atoms with Gasteiger partial charge in [-0.2, -0.15) is 5.10 Å². The van der Waals surface area contributed by atoms with E-state index in [4.69, 9.17) is 0 Å². The average molecular weight is 340 g/mol. The number of amides is 2. The maximum absolute atomic E-state index is 12.5. The summed E-state index contributed by atoms with van der Waals surface area (Å²) in [5.41, 5.74) is 0.612. The number of carbonyl (C=O) groups excluding carboxylic acids is 2. The summed E-state index contributed by atoms with van der Waals surface area (Å²) in [4.78, 5) is 34.8. The second kappa shape index (κ2) is 6.62. The summed E-state index contributed by atoms with van der Waals surface area (Å²) < 4.78 is 1.54. The molecule has 1 aliphatic carbocycles. The number of nitrogens with one attached hydrogen (secondary N) is 1. The molecule has 8 nitrogen and oxygen atoms in total. The first-order valence-electron chi connectivity index (χ1n) is 8.62. The van der Waals surface area contributed by atoms with Crippen molar-refractivity contribution in [2.45, 2.75) is 38.1 Å². The van der Waals surface area contributed by atoms with Gasteiger partial charge in [0.1, 0.15) is 12.7 Å². The maximum atomic E-state index is 12.5. The summed E-state index contributed by atoms with van der Waals surface area (Å²) in [6.45, 7) is 0.528. The first kappa shape index (κ1) is 15.7. The third kappa shape index (κ3) is 3.24. The summed E-state index contributed by atoms with van der Waals surface area (Å²) in [6, 6.07) is 3.86. The van der Waals surface area contributed by atoms with E-state index in [-0.39, 0.29) is 17.7 Å². The van der Waals surface area contributed by atoms with E-state index in [2.05, 4.69) is 20.4 Å². The van der Waals surface area contributed by atoms with Gasteiger partial charge < -0.3 is 10.2 Å². The highest BCUT2D eigenvalue weighted by Gasteiger charge is 2.38. The van der Waals surface area contributed by atoms with Crippen molar-refractivity contribution >= 4 is 17.5 Å². The Morgan fingerprint density at radius 1 is 1.24 bits per heavy atom. The van der Waals surface area contributed by atoms with Gasteiger partial charge in [-0.1, -0.05) is 12.8 Å². The second-order valence-electron chi connectivity index (χ2n) is 6.62. The minimum Gasteiger partial charge on any atom is -0.339 e. The maximum Gasteiger partial charge on any atom is 0.229 e. The molecule has 25 heavy (non-hydrogen) atoms. The van der Waals surface area contributed by atoms with E-state index in [9.17, 15) is 9.59 Å². The van der Waals surface area contributed by atoms with Crippen molar-refractivity contribution in [3.63, 3.8) is 0 Å². The van der Waals surface area contributed by atoms with Crippen molar-refractivity contribution in [3.05, 3.63) is 31.0 Å². The fraction of sp³-hybridized carbons (Fsp3) is 0.471. The lowest BCUT2D eigenvalue weighted by Gasteiger charge is -2.23. The van der Waals surface area contributed by atoms with Crippen molar-refractivity contribution in [2.75, 3.05) is 11.9 Å². The quantitative estimate of drug-likeness (QED) is 0.908. The lowest BCUT2D eigenvalue weighted by Crippen LogP contribution is -2.35. The van der Waals surface area contributed by atoms with Gasteiger partial charge in [-0.25, -0.2) is 14.6 Å². The van der Waals surface area contributed by atoms with Crippen LogP contribution in [0.15, 0.2) is 31.0 Å². The first-order valence-corrected chi connectivity index (χ1v) is 8.62. The monoisotopic (exact) mass is 340 g/mol. The number of anilines is 1. The van der Waals surface area contributed by atoms with Crippen LogP contribution in [0.2, 0.25) is 0 Å². The van der Waals surface area contributed by atoms with Gasteiger partial charge in [0.25, 0.3) is 0 Å². The Balaban J connectivity index is 1.38. The largest absolute Gasteiger partial charge is 0.339 e. The standard InChI is InChI=1S/C17H20N6O2/c24-16-7-12(9-22(16)14-3-1-2-4-14)17(25)21-13-5-6-15(19-8-13)23-11-18-10-20-23/h5-6,8,10-12,14H,1-4,7,9H2,(H,21,25). The van der Waals surface area contributed by atoms with Crippen LogP contribution in [-0.4, -0.2) is 49.0 Å². The summed E-state index contributed by atoms with van der Waals surface area (Å²) in [7, 11) is 0. The number of nitrogens with zero attached hydrogens (tertiary/aromatic N) is 5. The molecule has 2 aromatic heterocycles. The van der Waals surface area contributed by atoms with E-state index in [1.54, 1.807) is 29.3 Å². The summed E-state index contributed by atoms with van der Waals surface area (Å²) >= 11 is 0. The topological polar surface area (TPSA) is 93.0 Å². The molecule has 1 unspecified atom stereocenters. The second-order valence-corrected chi connectivity index (χ2v) is 6.62. The van der Waals surface area contributed by atoms with Crippen LogP contribution in [0.25, 0.3) is 5.82 Å². The predicted octanol–water partition coefficient (Wildman–Crippen LogP) is 1.39. The molecule has 1 N–H and O–H groups in total. The van der Waals surface area contributed by atoms with Gasteiger partial charge in [0.05, 0.1) is 17.8 Å². The number of rotatable bonds is 4. The number of likely N-dealkylation sites (tertiary alicyclic amines) is 1. The first-order chi connectivity index (χ1) is 12.2. The zero-order chi connectivity index (χ0) is 17.2. The molecule has 4 rings (SSSR count). The smallest absolute Gasteiger partial charge is 0.229 e. The van der Waals surface area contributed by atoms with Crippen LogP contribution in [-0.2, 0) is 9.59 Å². The van der Waals surface area contributed by atoms with Crippen LogP contribution < -0.4 is 5.32 Å². The van der Waals surface area contributed by atoms with Gasteiger partial charge in [0.2, 0.25) is 11.8 Å². The highest BCUT2D eigenvalue weighted by atomic mass is 16.2. The zero-order valence-corrected chi connectivity index (χ0v) is 13.8. The number of aromatic nitrogens is 4. The lowest BCUT2D eigenvalue weighted by molar-refractivity contribution is -0.129. The number of carbonyl (C=O) groups is 2. The van der Waals surface area contributed by atoms with E-state index in [1.165, 1.54) is 19.2 Å². The average Bonchev–Trinajstić information content (AvgIpc) is 3.37. The number of hydrogen-bond acceptors (Lipinski definition) is 5. The Morgan fingerprint density at radius 3 is 2.76 bits per heavy atom. The Bertz CT molecular complexity index is 752. The Kier molecular flexibility index (Phi) is 4.17. The molecule has 2 amide bonds. The fourth-order valence-electron chi connectivity index (χ4n) is 3.64. The number of pyridine rings is 1. The number of hydrogen-bond donors (Lipinski definition) is 1. The SMILES string of the molecule is O=C(Nc1ccc(-n2cncn2)nc1)C1CC(=O)N(C2CCCC2)C1. The highest BCUT2D eigenvalue weighted by molar-refractivity contribution is 5.97. The highest BCUT2D eigenvalue weighted by Crippen LogP contribution is 2.29. The van der Waals surface area contributed by atoms with E-state index in [1.807, 2.05) is 4.90 Å². The third-order valence-corrected chi connectivity index (χ3v) is 4.96. The molecular weight excluding hydrogens is 320 g/mol. The van der Waals surface area contributed by atoms with Crippen molar-refractivity contribution in [1.82, 2.24) is 24.6 Å². The van der Waals surface area contributed by atoms with Gasteiger partial charge in [-0.15, -0.1) is 0 Å². The molecule has 0 bridgehead atoms. The summed E-state index contributed by atoms with van der Waals surface area (Å²) in [5, 5.41) is 6.87. The molecule has 2 fully saturated rings. The minimum absolute atomic E-state index is 0.103. The Morgan fingerprint density at radius 2 is 2.08 bits per heavy atom. The van der Waals surface area contributed by atoms with Crippen molar-refractivity contribution in [1.29, 1.82) is 0 Å². The van der Waals surface area contributed by atoms with E-state index in [0.29, 0.717) is 30.5 Å². The molecule has 1 saturated carbocycles. The zero-order valence-electron chi connectivity index (χ0n) is 13.8. The molecule has 0 radical (unpaired) electrons. The Hall–Kier alpha value is -2.77. The third-order valence-electron chi connectivity index (χ3n) is 4.96. The molecule has 0 spiro atoms. The van der Waals surface area contributed by atoms with E-state index < -0.39 is 0 Å².